The lowest BCUT2D eigenvalue weighted by molar-refractivity contribution is 0.303. The third-order valence-corrected chi connectivity index (χ3v) is 5.90. The number of aliphatic hydroxyl groups excluding tert-OH is 1. The fraction of sp³-hybridized carbons (Fsp3) is 0.200. The van der Waals surface area contributed by atoms with Gasteiger partial charge in [0, 0.05) is 19.0 Å². The average Bonchev–Trinajstić information content (AvgIpc) is 2.78. The van der Waals surface area contributed by atoms with E-state index in [0.29, 0.717) is 0 Å². The maximum absolute atomic E-state index is 9.93. The molecule has 0 aliphatic carbocycles. The number of fused-ring (bicyclic) bond motifs is 2. The summed E-state index contributed by atoms with van der Waals surface area (Å²) in [4.78, 5) is 11.5. The molecule has 1 aliphatic heterocycles. The quantitative estimate of drug-likeness (QED) is 0.460. The van der Waals surface area contributed by atoms with E-state index in [-0.39, 0.29) is 11.7 Å². The van der Waals surface area contributed by atoms with Crippen LogP contribution in [0.25, 0.3) is 32.8 Å². The van der Waals surface area contributed by atoms with Crippen molar-refractivity contribution in [1.82, 2.24) is 9.97 Å². The molecule has 4 aromatic rings. The number of hydrogen-bond donors (Lipinski definition) is 1. The Bertz CT molecular complexity index is 1210. The molecule has 1 saturated heterocycles. The van der Waals surface area contributed by atoms with Crippen molar-refractivity contribution in [2.24, 2.45) is 5.92 Å². The van der Waals surface area contributed by atoms with Crippen LogP contribution in [0.3, 0.4) is 0 Å². The minimum absolute atomic E-state index is 0.0848. The first kappa shape index (κ1) is 17.7. The summed E-state index contributed by atoms with van der Waals surface area (Å²) in [6.45, 7) is 5.41. The van der Waals surface area contributed by atoms with Gasteiger partial charge < -0.3 is 10.0 Å². The molecule has 0 radical (unpaired) electrons. The van der Waals surface area contributed by atoms with Gasteiger partial charge in [-0.05, 0) is 46.9 Å². The van der Waals surface area contributed by atoms with Crippen molar-refractivity contribution in [3.05, 3.63) is 79.3 Å². The molecular formula is C25H23N3O. The minimum Gasteiger partial charge on any atom is -0.513 e. The third-order valence-electron chi connectivity index (χ3n) is 5.90. The molecule has 5 rings (SSSR count). The zero-order valence-corrected chi connectivity index (χ0v) is 16.3. The molecule has 4 heteroatoms. The van der Waals surface area contributed by atoms with Crippen molar-refractivity contribution in [2.75, 3.05) is 18.0 Å². The highest BCUT2D eigenvalue weighted by Crippen LogP contribution is 2.36. The van der Waals surface area contributed by atoms with Crippen LogP contribution in [0.15, 0.2) is 79.3 Å². The molecule has 29 heavy (non-hydrogen) atoms. The lowest BCUT2D eigenvalue weighted by atomic mass is 9.95. The SMILES string of the molecule is C=C(O)C1CCCN(c2ncnc3cccc(-c4ccc5ccccc5c4)c23)C1. The van der Waals surface area contributed by atoms with Gasteiger partial charge in [0.05, 0.1) is 16.7 Å². The van der Waals surface area contributed by atoms with Crippen LogP contribution in [-0.2, 0) is 0 Å². The number of aromatic nitrogens is 2. The third kappa shape index (κ3) is 3.21. The van der Waals surface area contributed by atoms with Gasteiger partial charge in [-0.3, -0.25) is 0 Å². The summed E-state index contributed by atoms with van der Waals surface area (Å²) in [5, 5.41) is 13.4. The Morgan fingerprint density at radius 2 is 1.86 bits per heavy atom. The van der Waals surface area contributed by atoms with Gasteiger partial charge in [-0.25, -0.2) is 9.97 Å². The van der Waals surface area contributed by atoms with Crippen LogP contribution in [0.2, 0.25) is 0 Å². The lowest BCUT2D eigenvalue weighted by Gasteiger charge is -2.33. The topological polar surface area (TPSA) is 49.2 Å². The highest BCUT2D eigenvalue weighted by atomic mass is 16.3. The van der Waals surface area contributed by atoms with E-state index in [1.54, 1.807) is 6.33 Å². The number of piperidine rings is 1. The first-order chi connectivity index (χ1) is 14.2. The van der Waals surface area contributed by atoms with Gasteiger partial charge in [-0.15, -0.1) is 0 Å². The molecule has 1 atom stereocenters. The van der Waals surface area contributed by atoms with Gasteiger partial charge in [0.1, 0.15) is 12.1 Å². The smallest absolute Gasteiger partial charge is 0.140 e. The average molecular weight is 381 g/mol. The highest BCUT2D eigenvalue weighted by Gasteiger charge is 2.25. The van der Waals surface area contributed by atoms with Crippen LogP contribution in [0, 0.1) is 5.92 Å². The minimum atomic E-state index is 0.0848. The summed E-state index contributed by atoms with van der Waals surface area (Å²) in [6, 6.07) is 21.2. The molecule has 1 fully saturated rings. The van der Waals surface area contributed by atoms with Crippen molar-refractivity contribution < 1.29 is 5.11 Å². The van der Waals surface area contributed by atoms with Crippen molar-refractivity contribution in [3.8, 4) is 11.1 Å². The van der Waals surface area contributed by atoms with Crippen molar-refractivity contribution in [2.45, 2.75) is 12.8 Å². The van der Waals surface area contributed by atoms with Crippen molar-refractivity contribution >= 4 is 27.5 Å². The summed E-state index contributed by atoms with van der Waals surface area (Å²) in [5.41, 5.74) is 3.23. The maximum Gasteiger partial charge on any atom is 0.140 e. The maximum atomic E-state index is 9.93. The van der Waals surface area contributed by atoms with E-state index in [2.05, 4.69) is 76.0 Å². The zero-order valence-electron chi connectivity index (χ0n) is 16.3. The largest absolute Gasteiger partial charge is 0.513 e. The second-order valence-corrected chi connectivity index (χ2v) is 7.74. The second-order valence-electron chi connectivity index (χ2n) is 7.74. The van der Waals surface area contributed by atoms with Gasteiger partial charge in [0.15, 0.2) is 0 Å². The molecular weight excluding hydrogens is 358 g/mol. The Kier molecular flexibility index (Phi) is 4.39. The van der Waals surface area contributed by atoms with Gasteiger partial charge in [0.2, 0.25) is 0 Å². The van der Waals surface area contributed by atoms with Gasteiger partial charge >= 0.3 is 0 Å². The molecule has 1 N–H and O–H groups in total. The predicted octanol–water partition coefficient (Wildman–Crippen LogP) is 5.74. The van der Waals surface area contributed by atoms with Crippen LogP contribution in [0.4, 0.5) is 5.82 Å². The predicted molar refractivity (Wildman–Crippen MR) is 119 cm³/mol. The molecule has 1 aromatic heterocycles. The monoisotopic (exact) mass is 381 g/mol. The van der Waals surface area contributed by atoms with Crippen LogP contribution in [0.1, 0.15) is 12.8 Å². The number of aliphatic hydroxyl groups is 1. The molecule has 1 aliphatic rings. The summed E-state index contributed by atoms with van der Waals surface area (Å²) in [5.74, 6) is 1.29. The van der Waals surface area contributed by atoms with Crippen LogP contribution in [-0.4, -0.2) is 28.2 Å². The van der Waals surface area contributed by atoms with E-state index in [1.807, 2.05) is 6.07 Å². The van der Waals surface area contributed by atoms with E-state index in [0.717, 1.165) is 53.8 Å². The number of benzene rings is 3. The van der Waals surface area contributed by atoms with Crippen LogP contribution < -0.4 is 4.90 Å². The number of anilines is 1. The Morgan fingerprint density at radius 3 is 2.72 bits per heavy atom. The molecule has 0 saturated carbocycles. The van der Waals surface area contributed by atoms with E-state index in [4.69, 9.17) is 0 Å². The summed E-state index contributed by atoms with van der Waals surface area (Å²) < 4.78 is 0. The van der Waals surface area contributed by atoms with Gasteiger partial charge in [-0.1, -0.05) is 55.1 Å². The summed E-state index contributed by atoms with van der Waals surface area (Å²) >= 11 is 0. The van der Waals surface area contributed by atoms with E-state index in [9.17, 15) is 5.11 Å². The zero-order chi connectivity index (χ0) is 19.8. The lowest BCUT2D eigenvalue weighted by Crippen LogP contribution is -2.36. The summed E-state index contributed by atoms with van der Waals surface area (Å²) in [6.07, 6.45) is 3.61. The fourth-order valence-corrected chi connectivity index (χ4v) is 4.37. The first-order valence-corrected chi connectivity index (χ1v) is 10.1. The Balaban J connectivity index is 1.67. The van der Waals surface area contributed by atoms with Crippen molar-refractivity contribution in [3.63, 3.8) is 0 Å². The molecule has 0 spiro atoms. The Hall–Kier alpha value is -3.40. The highest BCUT2D eigenvalue weighted by molar-refractivity contribution is 6.03. The molecule has 3 aromatic carbocycles. The van der Waals surface area contributed by atoms with Gasteiger partial charge in [0.25, 0.3) is 0 Å². The number of hydrogen-bond acceptors (Lipinski definition) is 4. The number of nitrogens with zero attached hydrogens (tertiary/aromatic N) is 3. The van der Waals surface area contributed by atoms with Crippen LogP contribution >= 0.6 is 0 Å². The Morgan fingerprint density at radius 1 is 1.00 bits per heavy atom. The first-order valence-electron chi connectivity index (χ1n) is 10.1. The molecule has 0 amide bonds. The molecule has 4 nitrogen and oxygen atoms in total. The van der Waals surface area contributed by atoms with E-state index >= 15 is 0 Å². The van der Waals surface area contributed by atoms with E-state index in [1.165, 1.54) is 10.8 Å². The number of rotatable bonds is 3. The normalized spacial score (nSPS) is 17.0. The molecule has 1 unspecified atom stereocenters. The molecule has 0 bridgehead atoms. The Labute approximate surface area is 170 Å². The summed E-state index contributed by atoms with van der Waals surface area (Å²) in [7, 11) is 0. The second kappa shape index (κ2) is 7.21. The standard InChI is InChI=1S/C25H23N3O/c1-17(29)21-8-5-13-28(15-21)25-24-22(9-4-10-23(24)26-16-27-25)20-12-11-18-6-2-3-7-19(18)14-20/h2-4,6-7,9-12,14,16,21,29H,1,5,8,13,15H2. The molecule has 144 valence electrons. The molecule has 2 heterocycles. The van der Waals surface area contributed by atoms with E-state index < -0.39 is 0 Å². The van der Waals surface area contributed by atoms with Crippen LogP contribution in [0.5, 0.6) is 0 Å². The van der Waals surface area contributed by atoms with Crippen molar-refractivity contribution in [1.29, 1.82) is 0 Å². The van der Waals surface area contributed by atoms with Gasteiger partial charge in [-0.2, -0.15) is 0 Å². The fourth-order valence-electron chi connectivity index (χ4n) is 4.37.